The first-order valence-corrected chi connectivity index (χ1v) is 15.0. The maximum Gasteiger partial charge on any atom is 0.280 e. The molecule has 4 aromatic rings. The summed E-state index contributed by atoms with van der Waals surface area (Å²) < 4.78 is 33.9. The Morgan fingerprint density at radius 1 is 1.16 bits per heavy atom. The fourth-order valence-electron chi connectivity index (χ4n) is 4.04. The lowest BCUT2D eigenvalue weighted by Crippen LogP contribution is -2.37. The van der Waals surface area contributed by atoms with Crippen molar-refractivity contribution < 1.29 is 17.9 Å². The fourth-order valence-corrected chi connectivity index (χ4v) is 7.04. The average molecular weight is 555 g/mol. The monoisotopic (exact) mass is 554 g/mol. The Labute approximate surface area is 223 Å². The van der Waals surface area contributed by atoms with E-state index >= 15 is 0 Å². The van der Waals surface area contributed by atoms with E-state index in [2.05, 4.69) is 17.0 Å². The van der Waals surface area contributed by atoms with Crippen molar-refractivity contribution in [1.29, 1.82) is 0 Å². The number of ether oxygens (including phenoxy) is 1. The number of methoxy groups -OCH3 is 1. The Hall–Kier alpha value is -3.12. The molecule has 0 atom stereocenters. The topological polar surface area (TPSA) is 92.2 Å². The minimum absolute atomic E-state index is 0.180. The summed E-state index contributed by atoms with van der Waals surface area (Å²) in [5.74, 6) is 0.813. The lowest BCUT2D eigenvalue weighted by Gasteiger charge is -2.29. The Bertz CT molecular complexity index is 1520. The number of carbonyl (C=O) groups excluding carboxylic acids is 1. The van der Waals surface area contributed by atoms with Crippen LogP contribution in [0.1, 0.15) is 35.0 Å². The Balaban J connectivity index is 1.45. The third-order valence-corrected chi connectivity index (χ3v) is 10.00. The number of amides is 1. The predicted octanol–water partition coefficient (Wildman–Crippen LogP) is 5.47. The van der Waals surface area contributed by atoms with Gasteiger partial charge < -0.3 is 4.74 Å². The average Bonchev–Trinajstić information content (AvgIpc) is 3.58. The third-order valence-electron chi connectivity index (χ3n) is 6.28. The lowest BCUT2D eigenvalue weighted by atomic mass is 10.0. The smallest absolute Gasteiger partial charge is 0.280 e. The highest BCUT2D eigenvalue weighted by Crippen LogP contribution is 2.33. The normalized spacial score (nSPS) is 15.4. The first-order chi connectivity index (χ1) is 17.8. The van der Waals surface area contributed by atoms with Crippen LogP contribution in [0.4, 0.5) is 5.13 Å². The molecule has 0 unspecified atom stereocenters. The molecule has 2 aromatic heterocycles. The van der Waals surface area contributed by atoms with E-state index < -0.39 is 15.9 Å². The Kier molecular flexibility index (Phi) is 7.38. The number of sulfonamides is 1. The molecular weight excluding hydrogens is 529 g/mol. The van der Waals surface area contributed by atoms with Crippen molar-refractivity contribution in [2.45, 2.75) is 24.7 Å². The SMILES string of the molecule is COc1ccc2nc(N(/N=C/c3cccs3)C(=O)c3ccc(S(=O)(=O)N4CCC(C)CC4)cc3)sc2c1. The minimum Gasteiger partial charge on any atom is -0.497 e. The molecule has 1 amide bonds. The highest BCUT2D eigenvalue weighted by atomic mass is 32.2. The van der Waals surface area contributed by atoms with Crippen molar-refractivity contribution in [3.63, 3.8) is 0 Å². The summed E-state index contributed by atoms with van der Waals surface area (Å²) in [6.45, 7) is 3.16. The van der Waals surface area contributed by atoms with Crippen LogP contribution in [0.2, 0.25) is 0 Å². The van der Waals surface area contributed by atoms with Gasteiger partial charge in [0, 0.05) is 23.5 Å². The molecular formula is C26H26N4O4S3. The molecule has 1 aliphatic heterocycles. The van der Waals surface area contributed by atoms with E-state index in [0.29, 0.717) is 35.5 Å². The zero-order chi connectivity index (χ0) is 26.0. The number of benzene rings is 2. The van der Waals surface area contributed by atoms with Crippen LogP contribution in [0.3, 0.4) is 0 Å². The number of thiazole rings is 1. The van der Waals surface area contributed by atoms with Crippen LogP contribution in [0.5, 0.6) is 5.75 Å². The van der Waals surface area contributed by atoms with Crippen molar-refractivity contribution in [2.75, 3.05) is 25.2 Å². The number of anilines is 1. The summed E-state index contributed by atoms with van der Waals surface area (Å²) in [5, 5.41) is 8.05. The maximum absolute atomic E-state index is 13.6. The van der Waals surface area contributed by atoms with Gasteiger partial charge >= 0.3 is 0 Å². The summed E-state index contributed by atoms with van der Waals surface area (Å²) in [6, 6.07) is 15.4. The Morgan fingerprint density at radius 3 is 2.59 bits per heavy atom. The van der Waals surface area contributed by atoms with Crippen molar-refractivity contribution >= 4 is 60.2 Å². The number of nitrogens with zero attached hydrogens (tertiary/aromatic N) is 4. The summed E-state index contributed by atoms with van der Waals surface area (Å²) in [6.07, 6.45) is 3.31. The van der Waals surface area contributed by atoms with Gasteiger partial charge in [-0.15, -0.1) is 11.3 Å². The van der Waals surface area contributed by atoms with E-state index in [1.807, 2.05) is 35.7 Å². The van der Waals surface area contributed by atoms with Gasteiger partial charge in [-0.3, -0.25) is 4.79 Å². The number of rotatable bonds is 7. The molecule has 3 heterocycles. The molecule has 0 saturated carbocycles. The van der Waals surface area contributed by atoms with Crippen molar-refractivity contribution in [3.05, 3.63) is 70.4 Å². The molecule has 0 spiro atoms. The number of hydrazone groups is 1. The zero-order valence-corrected chi connectivity index (χ0v) is 22.9. The van der Waals surface area contributed by atoms with Crippen LogP contribution >= 0.6 is 22.7 Å². The van der Waals surface area contributed by atoms with Crippen LogP contribution < -0.4 is 9.75 Å². The number of carbonyl (C=O) groups is 1. The number of fused-ring (bicyclic) bond motifs is 1. The second kappa shape index (κ2) is 10.7. The van der Waals surface area contributed by atoms with Gasteiger partial charge in [-0.2, -0.15) is 14.4 Å². The minimum atomic E-state index is -3.61. The van der Waals surface area contributed by atoms with E-state index in [-0.39, 0.29) is 4.90 Å². The molecule has 0 aliphatic carbocycles. The van der Waals surface area contributed by atoms with E-state index in [0.717, 1.165) is 27.9 Å². The molecule has 192 valence electrons. The van der Waals surface area contributed by atoms with Gasteiger partial charge in [0.2, 0.25) is 15.2 Å². The zero-order valence-electron chi connectivity index (χ0n) is 20.4. The van der Waals surface area contributed by atoms with Gasteiger partial charge in [-0.05, 0) is 72.7 Å². The number of thiophene rings is 1. The second-order valence-electron chi connectivity index (χ2n) is 8.82. The lowest BCUT2D eigenvalue weighted by molar-refractivity contribution is 0.0987. The van der Waals surface area contributed by atoms with Gasteiger partial charge in [0.05, 0.1) is 28.4 Å². The van der Waals surface area contributed by atoms with E-state index in [1.165, 1.54) is 56.3 Å². The molecule has 0 bridgehead atoms. The summed E-state index contributed by atoms with van der Waals surface area (Å²) >= 11 is 2.83. The van der Waals surface area contributed by atoms with E-state index in [4.69, 9.17) is 4.74 Å². The first-order valence-electron chi connectivity index (χ1n) is 11.8. The van der Waals surface area contributed by atoms with E-state index in [9.17, 15) is 13.2 Å². The van der Waals surface area contributed by atoms with Crippen LogP contribution in [-0.4, -0.2) is 50.0 Å². The van der Waals surface area contributed by atoms with Gasteiger partial charge in [0.25, 0.3) is 5.91 Å². The van der Waals surface area contributed by atoms with E-state index in [1.54, 1.807) is 13.3 Å². The number of aromatic nitrogens is 1. The molecule has 0 radical (unpaired) electrons. The van der Waals surface area contributed by atoms with Crippen LogP contribution in [0.25, 0.3) is 10.2 Å². The highest BCUT2D eigenvalue weighted by Gasteiger charge is 2.29. The van der Waals surface area contributed by atoms with Gasteiger partial charge in [-0.1, -0.05) is 24.3 Å². The fraction of sp³-hybridized carbons (Fsp3) is 0.269. The second-order valence-corrected chi connectivity index (χ2v) is 12.7. The molecule has 1 fully saturated rings. The maximum atomic E-state index is 13.6. The molecule has 37 heavy (non-hydrogen) atoms. The number of hydrogen-bond acceptors (Lipinski definition) is 8. The van der Waals surface area contributed by atoms with Crippen molar-refractivity contribution in [3.8, 4) is 5.75 Å². The summed E-state index contributed by atoms with van der Waals surface area (Å²) in [4.78, 5) is 19.3. The number of piperidine rings is 1. The molecule has 11 heteroatoms. The van der Waals surface area contributed by atoms with Gasteiger partial charge in [-0.25, -0.2) is 13.4 Å². The number of hydrogen-bond donors (Lipinski definition) is 0. The molecule has 2 aromatic carbocycles. The summed E-state index contributed by atoms with van der Waals surface area (Å²) in [7, 11) is -2.01. The first kappa shape index (κ1) is 25.5. The van der Waals surface area contributed by atoms with Gasteiger partial charge in [0.15, 0.2) is 0 Å². The van der Waals surface area contributed by atoms with Gasteiger partial charge in [0.1, 0.15) is 5.75 Å². The highest BCUT2D eigenvalue weighted by molar-refractivity contribution is 7.89. The quantitative estimate of drug-likeness (QED) is 0.223. The van der Waals surface area contributed by atoms with Crippen LogP contribution in [-0.2, 0) is 10.0 Å². The molecule has 8 nitrogen and oxygen atoms in total. The predicted molar refractivity (Wildman–Crippen MR) is 148 cm³/mol. The Morgan fingerprint density at radius 2 is 1.92 bits per heavy atom. The molecule has 1 saturated heterocycles. The standard InChI is InChI=1S/C26H26N4O4S3/c1-18-11-13-29(14-12-18)37(32,33)22-8-5-19(6-9-22)25(31)30(27-17-21-4-3-15-35-21)26-28-23-10-7-20(34-2)16-24(23)36-26/h3-10,15-18H,11-14H2,1-2H3/b27-17+. The van der Waals surface area contributed by atoms with Crippen LogP contribution in [0.15, 0.2) is 70.0 Å². The summed E-state index contributed by atoms with van der Waals surface area (Å²) in [5.41, 5.74) is 1.04. The largest absolute Gasteiger partial charge is 0.497 e. The molecule has 1 aliphatic rings. The third kappa shape index (κ3) is 5.45. The van der Waals surface area contributed by atoms with Crippen molar-refractivity contribution in [1.82, 2.24) is 9.29 Å². The molecule has 0 N–H and O–H groups in total. The van der Waals surface area contributed by atoms with Crippen LogP contribution in [0, 0.1) is 5.92 Å². The van der Waals surface area contributed by atoms with Crippen molar-refractivity contribution in [2.24, 2.45) is 11.0 Å². The molecule has 5 rings (SSSR count).